The lowest BCUT2D eigenvalue weighted by atomic mass is 9.87. The number of aromatic amines is 1. The number of rotatable bonds is 1. The van der Waals surface area contributed by atoms with E-state index in [4.69, 9.17) is 0 Å². The average molecular weight is 373 g/mol. The van der Waals surface area contributed by atoms with E-state index in [1.54, 1.807) is 18.2 Å². The van der Waals surface area contributed by atoms with Crippen LogP contribution in [-0.4, -0.2) is 9.78 Å². The second-order valence-corrected chi connectivity index (χ2v) is 7.48. The maximum atomic E-state index is 12.7. The third kappa shape index (κ3) is 2.88. The van der Waals surface area contributed by atoms with Gasteiger partial charge in [0.15, 0.2) is 0 Å². The van der Waals surface area contributed by atoms with E-state index < -0.39 is 0 Å². The molecule has 0 aliphatic rings. The van der Waals surface area contributed by atoms with Gasteiger partial charge >= 0.3 is 0 Å². The molecule has 1 N–H and O–H groups in total. The van der Waals surface area contributed by atoms with Crippen LogP contribution in [0.2, 0.25) is 0 Å². The average Bonchev–Trinajstić information content (AvgIpc) is 2.50. The molecule has 5 heteroatoms. The Bertz CT molecular complexity index is 993. The van der Waals surface area contributed by atoms with Gasteiger partial charge in [-0.15, -0.1) is 0 Å². The van der Waals surface area contributed by atoms with Gasteiger partial charge in [0, 0.05) is 4.47 Å². The molecule has 0 bridgehead atoms. The van der Waals surface area contributed by atoms with E-state index in [9.17, 15) is 9.59 Å². The molecule has 0 saturated heterocycles. The van der Waals surface area contributed by atoms with Gasteiger partial charge in [-0.1, -0.05) is 48.8 Å². The predicted molar refractivity (Wildman–Crippen MR) is 96.6 cm³/mol. The molecule has 23 heavy (non-hydrogen) atoms. The molecule has 0 spiro atoms. The highest BCUT2D eigenvalue weighted by molar-refractivity contribution is 9.10. The fourth-order valence-electron chi connectivity index (χ4n) is 2.52. The monoisotopic (exact) mass is 372 g/mol. The van der Waals surface area contributed by atoms with E-state index >= 15 is 0 Å². The Morgan fingerprint density at radius 1 is 0.957 bits per heavy atom. The normalized spacial score (nSPS) is 11.8. The Labute approximate surface area is 141 Å². The first kappa shape index (κ1) is 15.7. The summed E-state index contributed by atoms with van der Waals surface area (Å²) < 4.78 is 2.06. The topological polar surface area (TPSA) is 54.9 Å². The zero-order valence-electron chi connectivity index (χ0n) is 13.2. The fourth-order valence-corrected chi connectivity index (χ4v) is 2.88. The van der Waals surface area contributed by atoms with Crippen LogP contribution in [0.3, 0.4) is 0 Å². The number of H-pyrrole nitrogens is 1. The van der Waals surface area contributed by atoms with Crippen molar-refractivity contribution in [1.29, 1.82) is 0 Å². The molecule has 0 saturated carbocycles. The molecule has 0 aliphatic carbocycles. The summed E-state index contributed by atoms with van der Waals surface area (Å²) in [6.45, 7) is 6.39. The smallest absolute Gasteiger partial charge is 0.267 e. The van der Waals surface area contributed by atoms with Gasteiger partial charge < -0.3 is 0 Å². The maximum Gasteiger partial charge on any atom is 0.277 e. The van der Waals surface area contributed by atoms with Crippen LogP contribution in [0.1, 0.15) is 26.3 Å². The Kier molecular flexibility index (Phi) is 3.76. The Morgan fingerprint density at radius 3 is 2.22 bits per heavy atom. The van der Waals surface area contributed by atoms with Crippen molar-refractivity contribution < 1.29 is 0 Å². The second kappa shape index (κ2) is 5.49. The third-order valence-corrected chi connectivity index (χ3v) is 4.36. The summed E-state index contributed by atoms with van der Waals surface area (Å²) in [6.07, 6.45) is 0. The van der Waals surface area contributed by atoms with Crippen LogP contribution in [0.15, 0.2) is 56.5 Å². The molecule has 0 amide bonds. The van der Waals surface area contributed by atoms with Crippen molar-refractivity contribution in [1.82, 2.24) is 9.78 Å². The number of hydrogen-bond donors (Lipinski definition) is 1. The van der Waals surface area contributed by atoms with Gasteiger partial charge in [-0.2, -0.15) is 0 Å². The molecule has 1 aromatic heterocycles. The number of nitrogens with one attached hydrogen (secondary N) is 1. The van der Waals surface area contributed by atoms with Gasteiger partial charge in [0.1, 0.15) is 0 Å². The number of fused-ring (bicyclic) bond motifs is 1. The summed E-state index contributed by atoms with van der Waals surface area (Å²) in [5, 5.41) is 3.43. The molecular formula is C18H17BrN2O2. The first-order chi connectivity index (χ1) is 10.8. The zero-order valence-corrected chi connectivity index (χ0v) is 14.8. The van der Waals surface area contributed by atoms with Crippen molar-refractivity contribution in [2.75, 3.05) is 0 Å². The van der Waals surface area contributed by atoms with Crippen LogP contribution < -0.4 is 11.1 Å². The molecule has 0 unspecified atom stereocenters. The van der Waals surface area contributed by atoms with Crippen LogP contribution >= 0.6 is 15.9 Å². The summed E-state index contributed by atoms with van der Waals surface area (Å²) in [4.78, 5) is 24.9. The van der Waals surface area contributed by atoms with Crippen molar-refractivity contribution in [2.45, 2.75) is 26.2 Å². The van der Waals surface area contributed by atoms with Crippen molar-refractivity contribution in [3.63, 3.8) is 0 Å². The van der Waals surface area contributed by atoms with E-state index in [2.05, 4.69) is 41.8 Å². The van der Waals surface area contributed by atoms with Gasteiger partial charge in [-0.05, 0) is 41.3 Å². The number of benzene rings is 2. The Hall–Kier alpha value is -2.14. The van der Waals surface area contributed by atoms with E-state index in [0.717, 1.165) is 4.47 Å². The molecular weight excluding hydrogens is 356 g/mol. The molecule has 118 valence electrons. The predicted octanol–water partition coefficient (Wildman–Crippen LogP) is 3.74. The van der Waals surface area contributed by atoms with Crippen molar-refractivity contribution in [3.8, 4) is 5.69 Å². The number of halogens is 1. The van der Waals surface area contributed by atoms with E-state index in [0.29, 0.717) is 16.5 Å². The molecule has 0 fully saturated rings. The van der Waals surface area contributed by atoms with Gasteiger partial charge in [0.2, 0.25) is 0 Å². The summed E-state index contributed by atoms with van der Waals surface area (Å²) in [5.74, 6) is 0. The van der Waals surface area contributed by atoms with Crippen molar-refractivity contribution in [2.24, 2.45) is 0 Å². The molecule has 0 aliphatic heterocycles. The highest BCUT2D eigenvalue weighted by Gasteiger charge is 2.14. The van der Waals surface area contributed by atoms with E-state index in [1.165, 1.54) is 10.2 Å². The second-order valence-electron chi connectivity index (χ2n) is 6.57. The maximum absolute atomic E-state index is 12.7. The molecule has 3 aromatic rings. The van der Waals surface area contributed by atoms with E-state index in [-0.39, 0.29) is 16.5 Å². The highest BCUT2D eigenvalue weighted by atomic mass is 79.9. The molecule has 0 radical (unpaired) electrons. The molecule has 3 rings (SSSR count). The lowest BCUT2D eigenvalue weighted by Crippen LogP contribution is -2.28. The fraction of sp³-hybridized carbons (Fsp3) is 0.222. The zero-order chi connectivity index (χ0) is 16.8. The first-order valence-electron chi connectivity index (χ1n) is 7.33. The first-order valence-corrected chi connectivity index (χ1v) is 8.12. The van der Waals surface area contributed by atoms with Gasteiger partial charge in [-0.25, -0.2) is 4.68 Å². The van der Waals surface area contributed by atoms with E-state index in [1.807, 2.05) is 24.3 Å². The SMILES string of the molecule is CC(C)(C)c1ccc(-n2[nH]c(=O)c3ccc(Br)cc3c2=O)cc1. The minimum Gasteiger partial charge on any atom is -0.267 e. The van der Waals surface area contributed by atoms with Crippen molar-refractivity contribution >= 4 is 26.7 Å². The highest BCUT2D eigenvalue weighted by Crippen LogP contribution is 2.22. The minimum atomic E-state index is -0.285. The molecule has 4 nitrogen and oxygen atoms in total. The summed E-state index contributed by atoms with van der Waals surface area (Å²) in [7, 11) is 0. The standard InChI is InChI=1S/C18H17BrN2O2/c1-18(2,3)11-4-7-13(8-5-11)21-17(23)15-10-12(19)6-9-14(15)16(22)20-21/h4-10H,1-3H3,(H,20,22). The quantitative estimate of drug-likeness (QED) is 0.707. The third-order valence-electron chi connectivity index (χ3n) is 3.86. The van der Waals surface area contributed by atoms with Gasteiger partial charge in [0.25, 0.3) is 11.1 Å². The van der Waals surface area contributed by atoms with Crippen LogP contribution in [0.25, 0.3) is 16.5 Å². The number of hydrogen-bond acceptors (Lipinski definition) is 2. The van der Waals surface area contributed by atoms with Crippen LogP contribution in [0.5, 0.6) is 0 Å². The Balaban J connectivity index is 2.23. The number of nitrogens with zero attached hydrogens (tertiary/aromatic N) is 1. The minimum absolute atomic E-state index is 0.0329. The summed E-state index contributed by atoms with van der Waals surface area (Å²) >= 11 is 3.34. The van der Waals surface area contributed by atoms with Gasteiger partial charge in [0.05, 0.1) is 16.5 Å². The molecule has 1 heterocycles. The lowest BCUT2D eigenvalue weighted by molar-refractivity contribution is 0.590. The van der Waals surface area contributed by atoms with Crippen molar-refractivity contribution in [3.05, 3.63) is 73.2 Å². The summed E-state index contributed by atoms with van der Waals surface area (Å²) in [6, 6.07) is 12.7. The lowest BCUT2D eigenvalue weighted by Gasteiger charge is -2.19. The van der Waals surface area contributed by atoms with Crippen LogP contribution in [0, 0.1) is 0 Å². The van der Waals surface area contributed by atoms with Gasteiger partial charge in [-0.3, -0.25) is 14.7 Å². The molecule has 0 atom stereocenters. The Morgan fingerprint density at radius 2 is 1.61 bits per heavy atom. The number of aromatic nitrogens is 2. The summed E-state index contributed by atoms with van der Waals surface area (Å²) in [5.41, 5.74) is 1.31. The molecule has 2 aromatic carbocycles. The van der Waals surface area contributed by atoms with Crippen LogP contribution in [-0.2, 0) is 5.41 Å². The largest absolute Gasteiger partial charge is 0.277 e. The van der Waals surface area contributed by atoms with Crippen LogP contribution in [0.4, 0.5) is 0 Å².